The molecule has 3 aromatic rings. The Morgan fingerprint density at radius 3 is 2.71 bits per heavy atom. The molecule has 0 fully saturated rings. The molecule has 2 heterocycles. The van der Waals surface area contributed by atoms with E-state index in [0.717, 1.165) is 26.0 Å². The summed E-state index contributed by atoms with van der Waals surface area (Å²) in [6, 6.07) is 12.0. The SMILES string of the molecule is CC(C)(C)CNC(=O)c1cc2cc3ccccc3nc2s1. The summed E-state index contributed by atoms with van der Waals surface area (Å²) < 4.78 is 0. The lowest BCUT2D eigenvalue weighted by molar-refractivity contribution is 0.0943. The van der Waals surface area contributed by atoms with Crippen molar-refractivity contribution in [3.05, 3.63) is 41.3 Å². The van der Waals surface area contributed by atoms with Crippen molar-refractivity contribution in [1.82, 2.24) is 10.3 Å². The van der Waals surface area contributed by atoms with Gasteiger partial charge in [-0.1, -0.05) is 39.0 Å². The predicted octanol–water partition coefficient (Wildman–Crippen LogP) is 4.23. The van der Waals surface area contributed by atoms with Crippen molar-refractivity contribution >= 4 is 38.4 Å². The lowest BCUT2D eigenvalue weighted by atomic mass is 9.97. The van der Waals surface area contributed by atoms with E-state index in [2.05, 4.69) is 37.1 Å². The number of pyridine rings is 1. The fraction of sp³-hybridized carbons (Fsp3) is 0.294. The van der Waals surface area contributed by atoms with Crippen LogP contribution in [-0.2, 0) is 0 Å². The van der Waals surface area contributed by atoms with Crippen molar-refractivity contribution in [2.24, 2.45) is 5.41 Å². The second-order valence-electron chi connectivity index (χ2n) is 6.43. The third-order valence-corrected chi connectivity index (χ3v) is 4.26. The Labute approximate surface area is 128 Å². The van der Waals surface area contributed by atoms with Gasteiger partial charge in [0, 0.05) is 17.3 Å². The Morgan fingerprint density at radius 1 is 1.19 bits per heavy atom. The lowest BCUT2D eigenvalue weighted by Gasteiger charge is -2.18. The molecule has 1 amide bonds. The molecule has 0 aliphatic heterocycles. The van der Waals surface area contributed by atoms with Gasteiger partial charge in [-0.15, -0.1) is 11.3 Å². The molecular weight excluding hydrogens is 280 g/mol. The molecule has 2 aromatic heterocycles. The largest absolute Gasteiger partial charge is 0.351 e. The first-order valence-corrected chi connectivity index (χ1v) is 7.82. The van der Waals surface area contributed by atoms with E-state index in [0.29, 0.717) is 6.54 Å². The summed E-state index contributed by atoms with van der Waals surface area (Å²) in [5, 5.41) is 5.11. The summed E-state index contributed by atoms with van der Waals surface area (Å²) in [7, 11) is 0. The Balaban J connectivity index is 1.93. The fourth-order valence-corrected chi connectivity index (χ4v) is 3.06. The maximum Gasteiger partial charge on any atom is 0.261 e. The molecule has 3 rings (SSSR count). The number of carbonyl (C=O) groups excluding carboxylic acids is 1. The molecule has 1 N–H and O–H groups in total. The molecule has 3 nitrogen and oxygen atoms in total. The Kier molecular flexibility index (Phi) is 3.41. The highest BCUT2D eigenvalue weighted by molar-refractivity contribution is 7.20. The number of fused-ring (bicyclic) bond motifs is 2. The van der Waals surface area contributed by atoms with Crippen LogP contribution in [0.5, 0.6) is 0 Å². The highest BCUT2D eigenvalue weighted by Crippen LogP contribution is 2.27. The number of aromatic nitrogens is 1. The van der Waals surface area contributed by atoms with Crippen LogP contribution < -0.4 is 5.32 Å². The van der Waals surface area contributed by atoms with Gasteiger partial charge in [0.2, 0.25) is 0 Å². The first kappa shape index (κ1) is 14.0. The van der Waals surface area contributed by atoms with Gasteiger partial charge in [0.15, 0.2) is 0 Å². The number of thiophene rings is 1. The molecule has 108 valence electrons. The second kappa shape index (κ2) is 5.11. The van der Waals surface area contributed by atoms with Crippen LogP contribution in [0, 0.1) is 5.41 Å². The van der Waals surface area contributed by atoms with Gasteiger partial charge in [-0.25, -0.2) is 4.98 Å². The number of nitrogens with one attached hydrogen (secondary N) is 1. The molecule has 0 bridgehead atoms. The number of rotatable bonds is 2. The van der Waals surface area contributed by atoms with E-state index >= 15 is 0 Å². The standard InChI is InChI=1S/C17H18N2OS/c1-17(2,3)10-18-15(20)14-9-12-8-11-6-4-5-7-13(11)19-16(12)21-14/h4-9H,10H2,1-3H3,(H,18,20). The van der Waals surface area contributed by atoms with Gasteiger partial charge in [0.25, 0.3) is 5.91 Å². The number of hydrogen-bond acceptors (Lipinski definition) is 3. The zero-order valence-corrected chi connectivity index (χ0v) is 13.3. The highest BCUT2D eigenvalue weighted by Gasteiger charge is 2.15. The molecule has 0 spiro atoms. The molecular formula is C17H18N2OS. The van der Waals surface area contributed by atoms with E-state index in [1.165, 1.54) is 11.3 Å². The molecule has 0 saturated heterocycles. The second-order valence-corrected chi connectivity index (χ2v) is 7.46. The maximum atomic E-state index is 12.2. The van der Waals surface area contributed by atoms with Crippen LogP contribution in [0.2, 0.25) is 0 Å². The van der Waals surface area contributed by atoms with Gasteiger partial charge in [0.05, 0.1) is 10.4 Å². The summed E-state index contributed by atoms with van der Waals surface area (Å²) in [4.78, 5) is 18.5. The molecule has 1 aromatic carbocycles. The van der Waals surface area contributed by atoms with Gasteiger partial charge in [-0.3, -0.25) is 4.79 Å². The zero-order chi connectivity index (χ0) is 15.0. The highest BCUT2D eigenvalue weighted by atomic mass is 32.1. The Morgan fingerprint density at radius 2 is 1.95 bits per heavy atom. The number of amides is 1. The van der Waals surface area contributed by atoms with E-state index in [1.807, 2.05) is 30.3 Å². The minimum absolute atomic E-state index is 0.0167. The van der Waals surface area contributed by atoms with Crippen LogP contribution >= 0.6 is 11.3 Å². The molecule has 0 radical (unpaired) electrons. The van der Waals surface area contributed by atoms with Crippen LogP contribution in [0.15, 0.2) is 36.4 Å². The van der Waals surface area contributed by atoms with Gasteiger partial charge >= 0.3 is 0 Å². The number of benzene rings is 1. The van der Waals surface area contributed by atoms with Crippen molar-refractivity contribution in [2.75, 3.05) is 6.54 Å². The molecule has 4 heteroatoms. The summed E-state index contributed by atoms with van der Waals surface area (Å²) >= 11 is 1.45. The van der Waals surface area contributed by atoms with Gasteiger partial charge in [-0.05, 0) is 23.6 Å². The van der Waals surface area contributed by atoms with Crippen LogP contribution in [-0.4, -0.2) is 17.4 Å². The maximum absolute atomic E-state index is 12.2. The molecule has 0 saturated carbocycles. The quantitative estimate of drug-likeness (QED) is 0.769. The first-order valence-electron chi connectivity index (χ1n) is 7.00. The summed E-state index contributed by atoms with van der Waals surface area (Å²) in [5.41, 5.74) is 1.05. The summed E-state index contributed by atoms with van der Waals surface area (Å²) in [6.07, 6.45) is 0. The summed E-state index contributed by atoms with van der Waals surface area (Å²) in [6.45, 7) is 6.97. The van der Waals surface area contributed by atoms with E-state index < -0.39 is 0 Å². The van der Waals surface area contributed by atoms with Gasteiger partial charge < -0.3 is 5.32 Å². The molecule has 0 aliphatic rings. The average molecular weight is 298 g/mol. The Bertz CT molecular complexity index is 762. The normalized spacial score (nSPS) is 12.0. The molecule has 21 heavy (non-hydrogen) atoms. The van der Waals surface area contributed by atoms with E-state index in [-0.39, 0.29) is 11.3 Å². The topological polar surface area (TPSA) is 42.0 Å². The van der Waals surface area contributed by atoms with Crippen molar-refractivity contribution in [3.8, 4) is 0 Å². The third-order valence-electron chi connectivity index (χ3n) is 3.21. The van der Waals surface area contributed by atoms with Crippen molar-refractivity contribution in [3.63, 3.8) is 0 Å². The predicted molar refractivity (Wildman–Crippen MR) is 88.9 cm³/mol. The van der Waals surface area contributed by atoms with Crippen molar-refractivity contribution < 1.29 is 4.79 Å². The van der Waals surface area contributed by atoms with Crippen LogP contribution in [0.25, 0.3) is 21.1 Å². The zero-order valence-electron chi connectivity index (χ0n) is 12.4. The average Bonchev–Trinajstić information content (AvgIpc) is 2.84. The first-order chi connectivity index (χ1) is 9.92. The monoisotopic (exact) mass is 298 g/mol. The lowest BCUT2D eigenvalue weighted by Crippen LogP contribution is -2.31. The van der Waals surface area contributed by atoms with E-state index in [1.54, 1.807) is 0 Å². The van der Waals surface area contributed by atoms with Crippen molar-refractivity contribution in [1.29, 1.82) is 0 Å². The minimum Gasteiger partial charge on any atom is -0.351 e. The summed E-state index contributed by atoms with van der Waals surface area (Å²) in [5.74, 6) is -0.0167. The molecule has 0 aliphatic carbocycles. The number of carbonyl (C=O) groups is 1. The fourth-order valence-electron chi connectivity index (χ4n) is 2.12. The Hall–Kier alpha value is -1.94. The smallest absolute Gasteiger partial charge is 0.261 e. The molecule has 0 unspecified atom stereocenters. The number of nitrogens with zero attached hydrogens (tertiary/aromatic N) is 1. The number of para-hydroxylation sites is 1. The molecule has 0 atom stereocenters. The van der Waals surface area contributed by atoms with Gasteiger partial charge in [0.1, 0.15) is 4.83 Å². The van der Waals surface area contributed by atoms with Gasteiger partial charge in [-0.2, -0.15) is 0 Å². The van der Waals surface area contributed by atoms with E-state index in [9.17, 15) is 4.79 Å². The third kappa shape index (κ3) is 3.05. The van der Waals surface area contributed by atoms with Crippen molar-refractivity contribution in [2.45, 2.75) is 20.8 Å². The van der Waals surface area contributed by atoms with Crippen LogP contribution in [0.1, 0.15) is 30.4 Å². The number of hydrogen-bond donors (Lipinski definition) is 1. The van der Waals surface area contributed by atoms with Crippen LogP contribution in [0.4, 0.5) is 0 Å². The minimum atomic E-state index is -0.0167. The van der Waals surface area contributed by atoms with E-state index in [4.69, 9.17) is 0 Å². The van der Waals surface area contributed by atoms with Crippen LogP contribution in [0.3, 0.4) is 0 Å².